The number of carbonyl (C=O) groups excluding carboxylic acids is 1. The zero-order chi connectivity index (χ0) is 17.2. The molecule has 0 saturated heterocycles. The highest BCUT2D eigenvalue weighted by atomic mass is 32.2. The van der Waals surface area contributed by atoms with Crippen molar-refractivity contribution < 1.29 is 4.79 Å². The maximum atomic E-state index is 12.7. The number of para-hydroxylation sites is 1. The van der Waals surface area contributed by atoms with E-state index in [9.17, 15) is 4.79 Å². The lowest BCUT2D eigenvalue weighted by atomic mass is 10.1. The molecule has 0 aliphatic carbocycles. The van der Waals surface area contributed by atoms with E-state index in [0.29, 0.717) is 10.9 Å². The highest BCUT2D eigenvalue weighted by Gasteiger charge is 2.32. The monoisotopic (exact) mass is 350 g/mol. The van der Waals surface area contributed by atoms with E-state index in [1.54, 1.807) is 5.01 Å². The molecule has 1 unspecified atom stereocenters. The molecule has 2 aliphatic heterocycles. The van der Waals surface area contributed by atoms with Gasteiger partial charge < -0.3 is 0 Å². The van der Waals surface area contributed by atoms with E-state index in [1.165, 1.54) is 17.3 Å². The third-order valence-corrected chi connectivity index (χ3v) is 5.11. The van der Waals surface area contributed by atoms with Gasteiger partial charge in [0.2, 0.25) is 0 Å². The quantitative estimate of drug-likeness (QED) is 0.918. The number of rotatable bonds is 3. The normalized spacial score (nSPS) is 18.7. The molecule has 2 aliphatic rings. The van der Waals surface area contributed by atoms with Crippen LogP contribution in [0.15, 0.2) is 64.7 Å². The second-order valence-corrected chi connectivity index (χ2v) is 6.83. The Balaban J connectivity index is 1.68. The molecule has 1 amide bonds. The van der Waals surface area contributed by atoms with E-state index >= 15 is 0 Å². The van der Waals surface area contributed by atoms with Gasteiger partial charge in [0.05, 0.1) is 5.36 Å². The maximum absolute atomic E-state index is 12.7. The first-order chi connectivity index (χ1) is 12.3. The molecule has 4 rings (SSSR count). The van der Waals surface area contributed by atoms with Gasteiger partial charge in [0, 0.05) is 11.0 Å². The summed E-state index contributed by atoms with van der Waals surface area (Å²) in [6, 6.07) is 17.9. The van der Waals surface area contributed by atoms with Crippen LogP contribution in [-0.4, -0.2) is 22.2 Å². The number of hydrogen-bond donors (Lipinski definition) is 1. The van der Waals surface area contributed by atoms with Crippen LogP contribution in [0.5, 0.6) is 0 Å². The molecule has 5 nitrogen and oxygen atoms in total. The number of carbonyl (C=O) groups is 1. The molecule has 1 atom stereocenters. The molecule has 25 heavy (non-hydrogen) atoms. The van der Waals surface area contributed by atoms with Gasteiger partial charge in [-0.05, 0) is 18.1 Å². The lowest BCUT2D eigenvalue weighted by Gasteiger charge is -2.33. The minimum absolute atomic E-state index is 0.119. The van der Waals surface area contributed by atoms with Gasteiger partial charge >= 0.3 is 0 Å². The van der Waals surface area contributed by atoms with Crippen molar-refractivity contribution in [1.29, 1.82) is 0 Å². The van der Waals surface area contributed by atoms with Gasteiger partial charge in [-0.2, -0.15) is 0 Å². The number of benzene rings is 2. The molecule has 2 aromatic carbocycles. The van der Waals surface area contributed by atoms with Crippen molar-refractivity contribution >= 4 is 28.5 Å². The predicted octanol–water partition coefficient (Wildman–Crippen LogP) is 1.80. The van der Waals surface area contributed by atoms with E-state index in [1.807, 2.05) is 42.5 Å². The van der Waals surface area contributed by atoms with Crippen LogP contribution in [0.25, 0.3) is 5.70 Å². The second-order valence-electron chi connectivity index (χ2n) is 5.86. The van der Waals surface area contributed by atoms with Crippen molar-refractivity contribution in [2.45, 2.75) is 25.3 Å². The summed E-state index contributed by atoms with van der Waals surface area (Å²) >= 11 is 1.53. The molecule has 0 aromatic heterocycles. The fourth-order valence-corrected chi connectivity index (χ4v) is 3.76. The summed E-state index contributed by atoms with van der Waals surface area (Å²) < 4.78 is 0. The van der Waals surface area contributed by atoms with E-state index in [0.717, 1.165) is 22.7 Å². The number of hydrazone groups is 1. The van der Waals surface area contributed by atoms with E-state index in [-0.39, 0.29) is 12.1 Å². The molecule has 0 saturated carbocycles. The number of hydrogen-bond acceptors (Lipinski definition) is 5. The third kappa shape index (κ3) is 3.05. The van der Waals surface area contributed by atoms with Crippen LogP contribution in [0.4, 0.5) is 0 Å². The molecule has 0 bridgehead atoms. The fraction of sp³-hybridized carbons (Fsp3) is 0.211. The van der Waals surface area contributed by atoms with E-state index < -0.39 is 0 Å². The largest absolute Gasteiger partial charge is 0.298 e. The lowest BCUT2D eigenvalue weighted by Crippen LogP contribution is -2.52. The molecule has 1 N–H and O–H groups in total. The molecule has 6 heteroatoms. The van der Waals surface area contributed by atoms with Gasteiger partial charge in [-0.15, -0.1) is 5.10 Å². The summed E-state index contributed by atoms with van der Waals surface area (Å²) in [7, 11) is 0. The van der Waals surface area contributed by atoms with Gasteiger partial charge in [-0.1, -0.05) is 67.2 Å². The summed E-state index contributed by atoms with van der Waals surface area (Å²) in [6.07, 6.45) is 0.633. The first-order valence-electron chi connectivity index (χ1n) is 8.29. The fourth-order valence-electron chi connectivity index (χ4n) is 2.95. The minimum atomic E-state index is -0.150. The Morgan fingerprint density at radius 1 is 1.12 bits per heavy atom. The van der Waals surface area contributed by atoms with Crippen LogP contribution in [0.3, 0.4) is 0 Å². The molecular weight excluding hydrogens is 332 g/mol. The van der Waals surface area contributed by atoms with Crippen molar-refractivity contribution in [3.8, 4) is 0 Å². The smallest absolute Gasteiger partial charge is 0.276 e. The molecular formula is C19H18N4OS. The summed E-state index contributed by atoms with van der Waals surface area (Å²) in [6.45, 7) is 2.05. The second kappa shape index (κ2) is 6.72. The van der Waals surface area contributed by atoms with Crippen molar-refractivity contribution in [1.82, 2.24) is 10.3 Å². The molecule has 0 spiro atoms. The van der Waals surface area contributed by atoms with Gasteiger partial charge in [-0.3, -0.25) is 15.1 Å². The van der Waals surface area contributed by atoms with Crippen LogP contribution < -0.4 is 15.9 Å². The summed E-state index contributed by atoms with van der Waals surface area (Å²) in [5, 5.41) is 11.7. The van der Waals surface area contributed by atoms with Crippen molar-refractivity contribution in [2.75, 3.05) is 0 Å². The average Bonchev–Trinajstić information content (AvgIpc) is 2.66. The van der Waals surface area contributed by atoms with Crippen LogP contribution in [0.1, 0.15) is 18.9 Å². The number of thioether (sulfide) groups is 1. The van der Waals surface area contributed by atoms with Gasteiger partial charge in [0.15, 0.2) is 5.17 Å². The average molecular weight is 350 g/mol. The Morgan fingerprint density at radius 2 is 1.88 bits per heavy atom. The Hall–Kier alpha value is -2.60. The lowest BCUT2D eigenvalue weighted by molar-refractivity contribution is -0.116. The topological polar surface area (TPSA) is 57.1 Å². The Bertz CT molecular complexity index is 955. The van der Waals surface area contributed by atoms with Gasteiger partial charge in [0.25, 0.3) is 5.91 Å². The Kier molecular flexibility index (Phi) is 4.28. The van der Waals surface area contributed by atoms with Crippen LogP contribution in [0, 0.1) is 0 Å². The number of amides is 1. The third-order valence-electron chi connectivity index (χ3n) is 4.18. The highest BCUT2D eigenvalue weighted by Crippen LogP contribution is 2.23. The highest BCUT2D eigenvalue weighted by molar-refractivity contribution is 8.13. The van der Waals surface area contributed by atoms with E-state index in [2.05, 4.69) is 29.5 Å². The zero-order valence-electron chi connectivity index (χ0n) is 13.8. The van der Waals surface area contributed by atoms with Crippen LogP contribution >= 0.6 is 11.8 Å². The van der Waals surface area contributed by atoms with Crippen LogP contribution in [-0.2, 0) is 10.5 Å². The standard InChI is InChI=1S/C19H18N4OS/c1-2-16-20-15-11-7-6-10-14(15)17-18(24)21-19(22-23(16)17)25-12-13-8-4-3-5-9-13/h3-11,16H,2,12H2,1H3,(H,21,22,24). The summed E-state index contributed by atoms with van der Waals surface area (Å²) in [4.78, 5) is 17.5. The maximum Gasteiger partial charge on any atom is 0.276 e. The molecule has 2 aromatic rings. The van der Waals surface area contributed by atoms with Gasteiger partial charge in [-0.25, -0.2) is 5.01 Å². The molecule has 0 radical (unpaired) electrons. The van der Waals surface area contributed by atoms with Gasteiger partial charge in [0.1, 0.15) is 11.9 Å². The molecule has 126 valence electrons. The van der Waals surface area contributed by atoms with E-state index in [4.69, 9.17) is 4.99 Å². The number of amidine groups is 1. The summed E-state index contributed by atoms with van der Waals surface area (Å²) in [5.74, 6) is 0.638. The van der Waals surface area contributed by atoms with Crippen molar-refractivity contribution in [3.63, 3.8) is 0 Å². The first kappa shape index (κ1) is 15.9. The minimum Gasteiger partial charge on any atom is -0.298 e. The zero-order valence-corrected chi connectivity index (χ0v) is 14.7. The SMILES string of the molecule is CCC1N=c2ccccc2=C2C(=O)NC(SCc3ccccc3)=NN21. The number of nitrogens with one attached hydrogen (secondary N) is 1. The number of fused-ring (bicyclic) bond motifs is 2. The number of nitrogens with zero attached hydrogens (tertiary/aromatic N) is 3. The Labute approximate surface area is 150 Å². The Morgan fingerprint density at radius 3 is 2.68 bits per heavy atom. The first-order valence-corrected chi connectivity index (χ1v) is 9.28. The van der Waals surface area contributed by atoms with Crippen molar-refractivity contribution in [3.05, 3.63) is 70.7 Å². The molecule has 0 fully saturated rings. The predicted molar refractivity (Wildman–Crippen MR) is 99.9 cm³/mol. The summed E-state index contributed by atoms with van der Waals surface area (Å²) in [5.41, 5.74) is 1.78. The van der Waals surface area contributed by atoms with Crippen LogP contribution in [0.2, 0.25) is 0 Å². The molecule has 2 heterocycles. The van der Waals surface area contributed by atoms with Crippen molar-refractivity contribution in [2.24, 2.45) is 10.1 Å².